The molecular weight excluding hydrogens is 259 g/mol. The molecule has 19 heavy (non-hydrogen) atoms. The van der Waals surface area contributed by atoms with Crippen molar-refractivity contribution < 1.29 is 23.0 Å². The van der Waals surface area contributed by atoms with Crippen LogP contribution < -0.4 is 4.74 Å². The highest BCUT2D eigenvalue weighted by Gasteiger charge is 2.20. The second kappa shape index (κ2) is 5.27. The standard InChI is InChI=1S/C13H10F3NO2/c1-19-10-3-2-4-17-12(10)13(18)7-5-8(14)11(16)9(15)6-7/h2-6,13,18H,1H3. The van der Waals surface area contributed by atoms with Gasteiger partial charge in [-0.25, -0.2) is 13.2 Å². The van der Waals surface area contributed by atoms with Gasteiger partial charge in [-0.1, -0.05) is 0 Å². The average Bonchev–Trinajstić information content (AvgIpc) is 2.43. The summed E-state index contributed by atoms with van der Waals surface area (Å²) >= 11 is 0. The Balaban J connectivity index is 2.47. The molecule has 0 saturated carbocycles. The number of hydrogen-bond acceptors (Lipinski definition) is 3. The fourth-order valence-corrected chi connectivity index (χ4v) is 1.67. The molecule has 0 aliphatic rings. The van der Waals surface area contributed by atoms with Crippen molar-refractivity contribution in [3.8, 4) is 5.75 Å². The lowest BCUT2D eigenvalue weighted by molar-refractivity contribution is 0.207. The van der Waals surface area contributed by atoms with E-state index in [4.69, 9.17) is 4.74 Å². The van der Waals surface area contributed by atoms with Gasteiger partial charge >= 0.3 is 0 Å². The first kappa shape index (κ1) is 13.4. The number of aromatic nitrogens is 1. The summed E-state index contributed by atoms with van der Waals surface area (Å²) in [4.78, 5) is 3.89. The SMILES string of the molecule is COc1cccnc1C(O)c1cc(F)c(F)c(F)c1. The van der Waals surface area contributed by atoms with Gasteiger partial charge in [0.05, 0.1) is 7.11 Å². The molecular formula is C13H10F3NO2. The monoisotopic (exact) mass is 269 g/mol. The molecule has 6 heteroatoms. The largest absolute Gasteiger partial charge is 0.495 e. The third-order valence-corrected chi connectivity index (χ3v) is 2.60. The van der Waals surface area contributed by atoms with Crippen LogP contribution in [0.1, 0.15) is 17.4 Å². The fourth-order valence-electron chi connectivity index (χ4n) is 1.67. The summed E-state index contributed by atoms with van der Waals surface area (Å²) < 4.78 is 44.1. The summed E-state index contributed by atoms with van der Waals surface area (Å²) in [7, 11) is 1.37. The summed E-state index contributed by atoms with van der Waals surface area (Å²) in [5, 5.41) is 10.0. The molecule has 0 saturated heterocycles. The highest BCUT2D eigenvalue weighted by Crippen LogP contribution is 2.29. The Morgan fingerprint density at radius 1 is 1.21 bits per heavy atom. The number of halogens is 3. The van der Waals surface area contributed by atoms with Crippen molar-refractivity contribution in [1.29, 1.82) is 0 Å². The molecule has 0 amide bonds. The van der Waals surface area contributed by atoms with Gasteiger partial charge in [-0.15, -0.1) is 0 Å². The van der Waals surface area contributed by atoms with Crippen molar-refractivity contribution in [2.24, 2.45) is 0 Å². The first-order valence-electron chi connectivity index (χ1n) is 5.36. The van der Waals surface area contributed by atoms with E-state index in [1.807, 2.05) is 0 Å². The van der Waals surface area contributed by atoms with E-state index in [1.165, 1.54) is 13.3 Å². The van der Waals surface area contributed by atoms with E-state index >= 15 is 0 Å². The van der Waals surface area contributed by atoms with E-state index < -0.39 is 23.6 Å². The van der Waals surface area contributed by atoms with E-state index in [-0.39, 0.29) is 17.0 Å². The van der Waals surface area contributed by atoms with Crippen molar-refractivity contribution in [1.82, 2.24) is 4.98 Å². The summed E-state index contributed by atoms with van der Waals surface area (Å²) in [6, 6.07) is 4.57. The van der Waals surface area contributed by atoms with Gasteiger partial charge in [-0.3, -0.25) is 4.98 Å². The molecule has 1 atom stereocenters. The van der Waals surface area contributed by atoms with E-state index in [0.717, 1.165) is 12.1 Å². The minimum absolute atomic E-state index is 0.0930. The van der Waals surface area contributed by atoms with Gasteiger partial charge in [0.25, 0.3) is 0 Å². The summed E-state index contributed by atoms with van der Waals surface area (Å²) in [5.74, 6) is -4.06. The molecule has 0 aliphatic heterocycles. The predicted molar refractivity (Wildman–Crippen MR) is 61.2 cm³/mol. The van der Waals surface area contributed by atoms with Crippen LogP contribution in [0.2, 0.25) is 0 Å². The fraction of sp³-hybridized carbons (Fsp3) is 0.154. The van der Waals surface area contributed by atoms with Crippen LogP contribution in [0, 0.1) is 17.5 Å². The number of rotatable bonds is 3. The van der Waals surface area contributed by atoms with Crippen LogP contribution in [-0.4, -0.2) is 17.2 Å². The van der Waals surface area contributed by atoms with Gasteiger partial charge in [0.2, 0.25) is 0 Å². The van der Waals surface area contributed by atoms with Crippen LogP contribution in [0.3, 0.4) is 0 Å². The minimum atomic E-state index is -1.58. The quantitative estimate of drug-likeness (QED) is 0.871. The molecule has 0 bridgehead atoms. The van der Waals surface area contributed by atoms with E-state index in [9.17, 15) is 18.3 Å². The Hall–Kier alpha value is -2.08. The number of hydrogen-bond donors (Lipinski definition) is 1. The third-order valence-electron chi connectivity index (χ3n) is 2.60. The summed E-state index contributed by atoms with van der Waals surface area (Å²) in [6.45, 7) is 0. The van der Waals surface area contributed by atoms with E-state index in [1.54, 1.807) is 12.1 Å². The van der Waals surface area contributed by atoms with Gasteiger partial charge in [0.15, 0.2) is 17.5 Å². The lowest BCUT2D eigenvalue weighted by Gasteiger charge is -2.14. The molecule has 1 heterocycles. The Morgan fingerprint density at radius 3 is 2.42 bits per heavy atom. The normalized spacial score (nSPS) is 12.3. The topological polar surface area (TPSA) is 42.4 Å². The van der Waals surface area contributed by atoms with Gasteiger partial charge in [0, 0.05) is 6.20 Å². The maximum Gasteiger partial charge on any atom is 0.194 e. The number of pyridine rings is 1. The van der Waals surface area contributed by atoms with Gasteiger partial charge < -0.3 is 9.84 Å². The van der Waals surface area contributed by atoms with Gasteiger partial charge in [0.1, 0.15) is 17.5 Å². The summed E-state index contributed by atoms with van der Waals surface area (Å²) in [5.41, 5.74) is -0.0520. The minimum Gasteiger partial charge on any atom is -0.495 e. The molecule has 0 spiro atoms. The van der Waals surface area contributed by atoms with Crippen LogP contribution in [0.5, 0.6) is 5.75 Å². The Bertz CT molecular complexity index is 581. The van der Waals surface area contributed by atoms with Gasteiger partial charge in [-0.2, -0.15) is 0 Å². The molecule has 2 rings (SSSR count). The zero-order chi connectivity index (χ0) is 14.0. The maximum absolute atomic E-state index is 13.1. The van der Waals surface area contributed by atoms with Crippen LogP contribution >= 0.6 is 0 Å². The molecule has 1 N–H and O–H groups in total. The van der Waals surface area contributed by atoms with Gasteiger partial charge in [-0.05, 0) is 29.8 Å². The second-order valence-corrected chi connectivity index (χ2v) is 3.79. The lowest BCUT2D eigenvalue weighted by atomic mass is 10.0. The maximum atomic E-state index is 13.1. The molecule has 1 aromatic heterocycles. The zero-order valence-electron chi connectivity index (χ0n) is 9.90. The van der Waals surface area contributed by atoms with Crippen LogP contribution in [0.15, 0.2) is 30.5 Å². The molecule has 0 radical (unpaired) electrons. The molecule has 0 fully saturated rings. The van der Waals surface area contributed by atoms with Crippen LogP contribution in [0.25, 0.3) is 0 Å². The predicted octanol–water partition coefficient (Wildman–Crippen LogP) is 2.59. The number of nitrogens with zero attached hydrogens (tertiary/aromatic N) is 1. The average molecular weight is 269 g/mol. The van der Waals surface area contributed by atoms with Crippen molar-refractivity contribution in [2.75, 3.05) is 7.11 Å². The summed E-state index contributed by atoms with van der Waals surface area (Å²) in [6.07, 6.45) is -0.0159. The van der Waals surface area contributed by atoms with E-state index in [2.05, 4.69) is 4.98 Å². The lowest BCUT2D eigenvalue weighted by Crippen LogP contribution is -2.06. The highest BCUT2D eigenvalue weighted by atomic mass is 19.2. The Labute approximate surface area is 107 Å². The number of methoxy groups -OCH3 is 1. The Morgan fingerprint density at radius 2 is 1.84 bits per heavy atom. The molecule has 3 nitrogen and oxygen atoms in total. The Kier molecular flexibility index (Phi) is 3.71. The molecule has 100 valence electrons. The number of ether oxygens (including phenoxy) is 1. The van der Waals surface area contributed by atoms with Crippen molar-refractivity contribution >= 4 is 0 Å². The van der Waals surface area contributed by atoms with Crippen molar-refractivity contribution in [3.05, 3.63) is 59.2 Å². The number of aliphatic hydroxyl groups excluding tert-OH is 1. The van der Waals surface area contributed by atoms with E-state index in [0.29, 0.717) is 0 Å². The number of benzene rings is 1. The van der Waals surface area contributed by atoms with Crippen molar-refractivity contribution in [2.45, 2.75) is 6.10 Å². The van der Waals surface area contributed by atoms with Crippen LogP contribution in [0.4, 0.5) is 13.2 Å². The zero-order valence-corrected chi connectivity index (χ0v) is 9.90. The van der Waals surface area contributed by atoms with Crippen molar-refractivity contribution in [3.63, 3.8) is 0 Å². The number of aliphatic hydroxyl groups is 1. The third kappa shape index (κ3) is 2.53. The molecule has 2 aromatic rings. The smallest absolute Gasteiger partial charge is 0.194 e. The first-order chi connectivity index (χ1) is 9.04. The second-order valence-electron chi connectivity index (χ2n) is 3.79. The highest BCUT2D eigenvalue weighted by molar-refractivity contribution is 5.35. The first-order valence-corrected chi connectivity index (χ1v) is 5.36. The molecule has 1 aromatic carbocycles. The molecule has 0 aliphatic carbocycles. The molecule has 1 unspecified atom stereocenters. The van der Waals surface area contributed by atoms with Crippen LogP contribution in [-0.2, 0) is 0 Å².